The maximum atomic E-state index is 14.0. The van der Waals surface area contributed by atoms with Gasteiger partial charge in [0, 0.05) is 53.5 Å². The first-order valence-corrected chi connectivity index (χ1v) is 16.3. The number of methoxy groups -OCH3 is 2. The summed E-state index contributed by atoms with van der Waals surface area (Å²) in [6, 6.07) is 8.39. The summed E-state index contributed by atoms with van der Waals surface area (Å²) in [5.74, 6) is 0.667. The van der Waals surface area contributed by atoms with Gasteiger partial charge in [-0.1, -0.05) is 53.2 Å². The Balaban J connectivity index is 2.14. The zero-order chi connectivity index (χ0) is 32.3. The lowest BCUT2D eigenvalue weighted by Gasteiger charge is -2.40. The van der Waals surface area contributed by atoms with Crippen LogP contribution < -0.4 is 5.32 Å². The predicted molar refractivity (Wildman–Crippen MR) is 177 cm³/mol. The Labute approximate surface area is 262 Å². The lowest BCUT2D eigenvalue weighted by Crippen LogP contribution is -2.53. The van der Waals surface area contributed by atoms with Crippen molar-refractivity contribution >= 4 is 17.5 Å². The number of nitrogens with one attached hydrogen (secondary N) is 1. The summed E-state index contributed by atoms with van der Waals surface area (Å²) in [6.45, 7) is 12.4. The molecule has 0 aliphatic carbocycles. The van der Waals surface area contributed by atoms with Crippen molar-refractivity contribution < 1.29 is 19.1 Å². The van der Waals surface area contributed by atoms with Crippen molar-refractivity contribution in [2.45, 2.75) is 104 Å². The first kappa shape index (κ1) is 37.0. The van der Waals surface area contributed by atoms with Gasteiger partial charge < -0.3 is 29.5 Å². The van der Waals surface area contributed by atoms with Gasteiger partial charge in [0.15, 0.2) is 0 Å². The highest BCUT2D eigenvalue weighted by Gasteiger charge is 2.41. The summed E-state index contributed by atoms with van der Waals surface area (Å²) >= 11 is 0. The number of ether oxygens (including phenoxy) is 2. The van der Waals surface area contributed by atoms with E-state index in [2.05, 4.69) is 69.1 Å². The number of hydrogen-bond donors (Lipinski definition) is 1. The fourth-order valence-electron chi connectivity index (χ4n) is 7.14. The molecule has 246 valence electrons. The van der Waals surface area contributed by atoms with Crippen LogP contribution in [0.25, 0.3) is 0 Å². The molecule has 8 heteroatoms. The zero-order valence-electron chi connectivity index (χ0n) is 29.1. The third kappa shape index (κ3) is 10.8. The number of likely N-dealkylation sites (N-methyl/N-ethyl adjacent to an activating group) is 1. The van der Waals surface area contributed by atoms with E-state index in [9.17, 15) is 9.59 Å². The van der Waals surface area contributed by atoms with E-state index in [0.29, 0.717) is 12.3 Å². The Morgan fingerprint density at radius 1 is 1.12 bits per heavy atom. The van der Waals surface area contributed by atoms with Crippen LogP contribution in [0.1, 0.15) is 78.7 Å². The predicted octanol–water partition coefficient (Wildman–Crippen LogP) is 5.56. The van der Waals surface area contributed by atoms with Crippen molar-refractivity contribution in [3.8, 4) is 0 Å². The van der Waals surface area contributed by atoms with Gasteiger partial charge in [0.2, 0.25) is 11.8 Å². The molecule has 0 saturated carbocycles. The Hall–Kier alpha value is -2.16. The minimum atomic E-state index is -0.382. The number of nitrogens with zero attached hydrogens (tertiary/aromatic N) is 3. The number of likely N-dealkylation sites (tertiary alicyclic amines) is 1. The topological polar surface area (TPSA) is 74.3 Å². The molecule has 6 unspecified atom stereocenters. The second kappa shape index (κ2) is 17.4. The number of aryl methyl sites for hydroxylation is 1. The van der Waals surface area contributed by atoms with E-state index in [1.165, 1.54) is 5.56 Å². The Morgan fingerprint density at radius 3 is 2.40 bits per heavy atom. The molecule has 1 aliphatic rings. The van der Waals surface area contributed by atoms with E-state index in [4.69, 9.17) is 9.47 Å². The fraction of sp³-hybridized carbons (Fsp3) is 0.771. The monoisotopic (exact) mass is 602 g/mol. The van der Waals surface area contributed by atoms with Crippen molar-refractivity contribution in [2.24, 2.45) is 17.3 Å². The second-order valence-corrected chi connectivity index (χ2v) is 13.9. The van der Waals surface area contributed by atoms with Crippen molar-refractivity contribution in [2.75, 3.05) is 60.8 Å². The van der Waals surface area contributed by atoms with Gasteiger partial charge in [-0.15, -0.1) is 0 Å². The highest BCUT2D eigenvalue weighted by Crippen LogP contribution is 2.31. The summed E-state index contributed by atoms with van der Waals surface area (Å²) in [4.78, 5) is 33.5. The van der Waals surface area contributed by atoms with Gasteiger partial charge in [0.1, 0.15) is 0 Å². The molecule has 0 bridgehead atoms. The second-order valence-electron chi connectivity index (χ2n) is 13.9. The molecule has 1 aromatic carbocycles. The van der Waals surface area contributed by atoms with Gasteiger partial charge in [-0.25, -0.2) is 0 Å². The number of benzene rings is 1. The maximum absolute atomic E-state index is 14.0. The van der Waals surface area contributed by atoms with Crippen molar-refractivity contribution in [1.29, 1.82) is 0 Å². The zero-order valence-corrected chi connectivity index (χ0v) is 29.1. The number of carbonyl (C=O) groups is 2. The highest BCUT2D eigenvalue weighted by molar-refractivity contribution is 5.79. The van der Waals surface area contributed by atoms with Gasteiger partial charge in [0.25, 0.3) is 0 Å². The first-order chi connectivity index (χ1) is 20.3. The van der Waals surface area contributed by atoms with Crippen LogP contribution in [-0.2, 0) is 25.5 Å². The number of rotatable bonds is 18. The molecule has 2 amide bonds. The lowest BCUT2D eigenvalue weighted by molar-refractivity contribution is -0.145. The van der Waals surface area contributed by atoms with Gasteiger partial charge in [-0.3, -0.25) is 9.59 Å². The van der Waals surface area contributed by atoms with Crippen LogP contribution in [0.4, 0.5) is 5.69 Å². The molecule has 2 rings (SSSR count). The maximum Gasteiger partial charge on any atom is 0.225 e. The molecule has 1 fully saturated rings. The molecular weight excluding hydrogens is 540 g/mol. The molecule has 0 radical (unpaired) electrons. The van der Waals surface area contributed by atoms with Crippen molar-refractivity contribution in [3.05, 3.63) is 29.8 Å². The van der Waals surface area contributed by atoms with Crippen LogP contribution in [-0.4, -0.2) is 106 Å². The quantitative estimate of drug-likeness (QED) is 0.237. The summed E-state index contributed by atoms with van der Waals surface area (Å²) in [5, 5.41) is 3.22. The van der Waals surface area contributed by atoms with Crippen LogP contribution in [0.3, 0.4) is 0 Å². The van der Waals surface area contributed by atoms with Crippen LogP contribution in [0.2, 0.25) is 0 Å². The number of hydrogen-bond acceptors (Lipinski definition) is 6. The molecular formula is C35H62N4O4. The Morgan fingerprint density at radius 2 is 1.81 bits per heavy atom. The lowest BCUT2D eigenvalue weighted by atomic mass is 9.86. The van der Waals surface area contributed by atoms with E-state index in [0.717, 1.165) is 50.9 Å². The summed E-state index contributed by atoms with van der Waals surface area (Å²) in [5.41, 5.74) is 2.27. The van der Waals surface area contributed by atoms with Crippen LogP contribution in [0, 0.1) is 17.3 Å². The summed E-state index contributed by atoms with van der Waals surface area (Å²) in [6.07, 6.45) is 5.03. The molecule has 8 nitrogen and oxygen atoms in total. The van der Waals surface area contributed by atoms with E-state index >= 15 is 0 Å². The molecule has 1 N–H and O–H groups in total. The number of anilines is 1. The van der Waals surface area contributed by atoms with Gasteiger partial charge in [0.05, 0.1) is 30.7 Å². The molecule has 1 aliphatic heterocycles. The molecule has 1 saturated heterocycles. The standard InChI is InChI=1S/C35H62N4O4/c1-12-25(2)33(38(9)32(41)23-35(4,5)24-37(7)8)30(42-10)22-31(40)39-20-14-17-29(39)34(43-11)26(3)18-19-27-15-13-16-28(21-27)36-6/h13,15-16,21,25-26,29-30,33-34,36H,12,14,17-20,22-24H2,1-11H3. The SMILES string of the molecule is CCC(C)C(C(CC(=O)N1CCCC1C(OC)C(C)CCc1cccc(NC)c1)OC)N(C)C(=O)CC(C)(C)CN(C)C. The van der Waals surface area contributed by atoms with E-state index in [1.54, 1.807) is 14.2 Å². The van der Waals surface area contributed by atoms with E-state index in [1.807, 2.05) is 38.0 Å². The van der Waals surface area contributed by atoms with Gasteiger partial charge in [-0.2, -0.15) is 0 Å². The van der Waals surface area contributed by atoms with E-state index < -0.39 is 0 Å². The van der Waals surface area contributed by atoms with Gasteiger partial charge >= 0.3 is 0 Å². The largest absolute Gasteiger partial charge is 0.388 e. The van der Waals surface area contributed by atoms with Crippen LogP contribution in [0.15, 0.2) is 24.3 Å². The summed E-state index contributed by atoms with van der Waals surface area (Å²) in [7, 11) is 11.3. The Bertz CT molecular complexity index is 1000. The van der Waals surface area contributed by atoms with E-state index in [-0.39, 0.29) is 53.9 Å². The average molecular weight is 603 g/mol. The van der Waals surface area contributed by atoms with Crippen LogP contribution in [0.5, 0.6) is 0 Å². The third-order valence-corrected chi connectivity index (χ3v) is 9.44. The molecule has 0 aromatic heterocycles. The number of carbonyl (C=O) groups excluding carboxylic acids is 2. The highest BCUT2D eigenvalue weighted by atomic mass is 16.5. The minimum absolute atomic E-state index is 0.0338. The first-order valence-electron chi connectivity index (χ1n) is 16.3. The molecule has 1 heterocycles. The average Bonchev–Trinajstić information content (AvgIpc) is 3.44. The third-order valence-electron chi connectivity index (χ3n) is 9.44. The van der Waals surface area contributed by atoms with Crippen molar-refractivity contribution in [1.82, 2.24) is 14.7 Å². The summed E-state index contributed by atoms with van der Waals surface area (Å²) < 4.78 is 12.1. The number of amides is 2. The molecule has 6 atom stereocenters. The van der Waals surface area contributed by atoms with Crippen molar-refractivity contribution in [3.63, 3.8) is 0 Å². The minimum Gasteiger partial charge on any atom is -0.388 e. The normalized spacial score (nSPS) is 19.2. The molecule has 0 spiro atoms. The smallest absolute Gasteiger partial charge is 0.225 e. The van der Waals surface area contributed by atoms with Crippen LogP contribution >= 0.6 is 0 Å². The fourth-order valence-corrected chi connectivity index (χ4v) is 7.14. The molecule has 43 heavy (non-hydrogen) atoms. The molecule has 1 aromatic rings. The Kier molecular flexibility index (Phi) is 14.9. The van der Waals surface area contributed by atoms with Gasteiger partial charge in [-0.05, 0) is 74.7 Å².